The van der Waals surface area contributed by atoms with E-state index in [1.165, 1.54) is 0 Å². The molecule has 4 nitrogen and oxygen atoms in total. The molecule has 0 aliphatic rings. The summed E-state index contributed by atoms with van der Waals surface area (Å²) in [6, 6.07) is 7.18. The molecule has 100 valence electrons. The molecule has 0 aliphatic carbocycles. The van der Waals surface area contributed by atoms with Gasteiger partial charge in [-0.2, -0.15) is 0 Å². The summed E-state index contributed by atoms with van der Waals surface area (Å²) in [5.74, 6) is -0.0298. The van der Waals surface area contributed by atoms with E-state index in [1.54, 1.807) is 6.07 Å². The number of nitrogens with one attached hydrogen (secondary N) is 1. The second-order valence-electron chi connectivity index (χ2n) is 5.13. The summed E-state index contributed by atoms with van der Waals surface area (Å²) in [7, 11) is 0. The van der Waals surface area contributed by atoms with Crippen LogP contribution in [0.15, 0.2) is 29.2 Å². The Morgan fingerprint density at radius 1 is 1.37 bits per heavy atom. The average Bonchev–Trinajstić information content (AvgIpc) is 2.28. The van der Waals surface area contributed by atoms with Gasteiger partial charge >= 0.3 is 29.6 Å². The van der Waals surface area contributed by atoms with Crippen LogP contribution >= 0.6 is 12.0 Å². The maximum Gasteiger partial charge on any atom is 1.00 e. The van der Waals surface area contributed by atoms with Crippen LogP contribution in [-0.2, 0) is 9.13 Å². The topological polar surface area (TPSA) is 61.4 Å². The molecule has 19 heavy (non-hydrogen) atoms. The van der Waals surface area contributed by atoms with E-state index in [4.69, 9.17) is 0 Å². The number of amides is 1. The van der Waals surface area contributed by atoms with Crippen molar-refractivity contribution in [1.82, 2.24) is 5.32 Å². The van der Waals surface area contributed by atoms with Gasteiger partial charge in [0, 0.05) is 22.4 Å². The van der Waals surface area contributed by atoms with Gasteiger partial charge in [-0.1, -0.05) is 39.0 Å². The fraction of sp³-hybridized carbons (Fsp3) is 0.462. The fourth-order valence-electron chi connectivity index (χ4n) is 1.44. The molecule has 0 saturated heterocycles. The first-order valence-electron chi connectivity index (χ1n) is 5.72. The Hall–Kier alpha value is -0.0400. The molecule has 1 amide bonds. The quantitative estimate of drug-likeness (QED) is 0.342. The summed E-state index contributed by atoms with van der Waals surface area (Å²) in [6.07, 6.45) is 0. The first-order valence-corrected chi connectivity index (χ1v) is 6.47. The minimum atomic E-state index is -0.439. The Labute approximate surface area is 140 Å². The Bertz CT molecular complexity index is 421. The van der Waals surface area contributed by atoms with Gasteiger partial charge in [-0.3, -0.25) is 4.79 Å². The van der Waals surface area contributed by atoms with Crippen molar-refractivity contribution in [3.63, 3.8) is 0 Å². The third-order valence-corrected chi connectivity index (χ3v) is 3.16. The second-order valence-corrected chi connectivity index (χ2v) is 5.88. The molecule has 0 saturated carbocycles. The zero-order valence-electron chi connectivity index (χ0n) is 12.0. The molecule has 6 heteroatoms. The molecule has 0 radical (unpaired) electrons. The monoisotopic (exact) mass is 291 g/mol. The van der Waals surface area contributed by atoms with Gasteiger partial charge in [0.2, 0.25) is 5.91 Å². The normalized spacial score (nSPS) is 12.5. The predicted molar refractivity (Wildman–Crippen MR) is 69.4 cm³/mol. The van der Waals surface area contributed by atoms with Crippen molar-refractivity contribution >= 4 is 17.9 Å². The third kappa shape index (κ3) is 5.85. The number of carbonyl (C=O) groups is 1. The number of rotatable bonds is 4. The molecular weight excluding hydrogens is 273 g/mol. The van der Waals surface area contributed by atoms with Crippen molar-refractivity contribution in [2.75, 3.05) is 0 Å². The Morgan fingerprint density at radius 3 is 2.47 bits per heavy atom. The smallest absolute Gasteiger partial charge is 0.710 e. The SMILES string of the molecule is C[C@@H](NC(=O)C(C)(C)C)c1ccccc1SO[O-].[Na+]. The third-order valence-electron chi connectivity index (χ3n) is 2.54. The first-order chi connectivity index (χ1) is 8.36. The number of carbonyl (C=O) groups excluding carboxylic acids is 1. The van der Waals surface area contributed by atoms with Crippen LogP contribution in [0.25, 0.3) is 0 Å². The van der Waals surface area contributed by atoms with E-state index in [0.29, 0.717) is 4.90 Å². The molecule has 1 N–H and O–H groups in total. The van der Waals surface area contributed by atoms with Gasteiger partial charge in [-0.05, 0) is 18.6 Å². The fourth-order valence-corrected chi connectivity index (χ4v) is 1.99. The summed E-state index contributed by atoms with van der Waals surface area (Å²) in [5.41, 5.74) is 0.432. The van der Waals surface area contributed by atoms with Gasteiger partial charge in [-0.25, -0.2) is 0 Å². The Balaban J connectivity index is 0.00000324. The minimum absolute atomic E-state index is 0. The van der Waals surface area contributed by atoms with E-state index in [1.807, 2.05) is 45.9 Å². The van der Waals surface area contributed by atoms with E-state index in [0.717, 1.165) is 17.6 Å². The molecule has 0 heterocycles. The molecule has 0 aromatic heterocycles. The van der Waals surface area contributed by atoms with Crippen molar-refractivity contribution < 1.29 is 43.9 Å². The van der Waals surface area contributed by atoms with Crippen molar-refractivity contribution in [2.45, 2.75) is 38.6 Å². The Kier molecular flexibility index (Phi) is 8.27. The predicted octanol–water partition coefficient (Wildman–Crippen LogP) is -0.787. The summed E-state index contributed by atoms with van der Waals surface area (Å²) in [4.78, 5) is 12.6. The number of benzene rings is 1. The molecule has 0 spiro atoms. The first kappa shape index (κ1) is 19.0. The summed E-state index contributed by atoms with van der Waals surface area (Å²) < 4.78 is 3.84. The molecule has 0 aliphatic heterocycles. The summed E-state index contributed by atoms with van der Waals surface area (Å²) >= 11 is 0.758. The van der Waals surface area contributed by atoms with Gasteiger partial charge in [0.1, 0.15) is 0 Å². The molecule has 1 atom stereocenters. The van der Waals surface area contributed by atoms with E-state index in [-0.39, 0.29) is 41.5 Å². The van der Waals surface area contributed by atoms with E-state index < -0.39 is 5.41 Å². The van der Waals surface area contributed by atoms with Gasteiger partial charge in [0.05, 0.1) is 6.04 Å². The second kappa shape index (κ2) is 8.29. The van der Waals surface area contributed by atoms with Gasteiger partial charge in [-0.15, -0.1) is 0 Å². The van der Waals surface area contributed by atoms with E-state index in [2.05, 4.69) is 9.65 Å². The minimum Gasteiger partial charge on any atom is -0.710 e. The van der Waals surface area contributed by atoms with Crippen LogP contribution in [0.5, 0.6) is 0 Å². The van der Waals surface area contributed by atoms with Crippen molar-refractivity contribution in [2.24, 2.45) is 5.41 Å². The average molecular weight is 291 g/mol. The van der Waals surface area contributed by atoms with Gasteiger partial charge < -0.3 is 14.9 Å². The van der Waals surface area contributed by atoms with Crippen LogP contribution in [0, 0.1) is 5.41 Å². The zero-order valence-corrected chi connectivity index (χ0v) is 14.8. The standard InChI is InChI=1S/C13H19NO3S.Na/c1-9(14-12(15)13(2,3)4)10-7-5-6-8-11(10)18-17-16;/h5-9,16H,1-4H3,(H,14,15);/q;+1/p-1/t9-;/m1./s1. The van der Waals surface area contributed by atoms with Crippen LogP contribution in [0.1, 0.15) is 39.3 Å². The van der Waals surface area contributed by atoms with Crippen LogP contribution in [0.4, 0.5) is 0 Å². The maximum atomic E-state index is 11.9. The summed E-state index contributed by atoms with van der Waals surface area (Å²) in [5, 5.41) is 13.2. The van der Waals surface area contributed by atoms with Gasteiger partial charge in [0.25, 0.3) is 0 Å². The van der Waals surface area contributed by atoms with Crippen LogP contribution in [0.2, 0.25) is 0 Å². The molecular formula is C13H18NNaO3S. The van der Waals surface area contributed by atoms with Crippen molar-refractivity contribution in [1.29, 1.82) is 0 Å². The zero-order chi connectivity index (χ0) is 13.8. The number of hydrogen-bond donors (Lipinski definition) is 1. The van der Waals surface area contributed by atoms with E-state index >= 15 is 0 Å². The molecule has 0 fully saturated rings. The van der Waals surface area contributed by atoms with E-state index in [9.17, 15) is 10.1 Å². The molecule has 1 rings (SSSR count). The molecule has 1 aromatic rings. The van der Waals surface area contributed by atoms with Crippen LogP contribution in [0.3, 0.4) is 0 Å². The molecule has 0 bridgehead atoms. The van der Waals surface area contributed by atoms with Crippen LogP contribution < -0.4 is 40.1 Å². The molecule has 0 unspecified atom stereocenters. The Morgan fingerprint density at radius 2 is 1.95 bits per heavy atom. The van der Waals surface area contributed by atoms with Crippen molar-refractivity contribution in [3.05, 3.63) is 29.8 Å². The largest absolute Gasteiger partial charge is 1.00 e. The van der Waals surface area contributed by atoms with Gasteiger partial charge in [0.15, 0.2) is 0 Å². The molecule has 1 aromatic carbocycles. The van der Waals surface area contributed by atoms with Crippen molar-refractivity contribution in [3.8, 4) is 0 Å². The van der Waals surface area contributed by atoms with Crippen LogP contribution in [-0.4, -0.2) is 5.91 Å². The number of hydrogen-bond acceptors (Lipinski definition) is 4. The maximum absolute atomic E-state index is 11.9. The summed E-state index contributed by atoms with van der Waals surface area (Å²) in [6.45, 7) is 7.46.